The van der Waals surface area contributed by atoms with Crippen molar-refractivity contribution in [2.75, 3.05) is 14.2 Å². The van der Waals surface area contributed by atoms with Crippen LogP contribution in [0.1, 0.15) is 27.2 Å². The van der Waals surface area contributed by atoms with Gasteiger partial charge in [-0.15, -0.1) is 0 Å². The number of nitrogens with two attached hydrogens (primary N) is 1. The lowest BCUT2D eigenvalue weighted by Gasteiger charge is -2.12. The molecule has 0 aliphatic rings. The van der Waals surface area contributed by atoms with Crippen LogP contribution >= 0.6 is 0 Å². The smallest absolute Gasteiger partial charge is 0.339 e. The molecule has 0 bridgehead atoms. The van der Waals surface area contributed by atoms with E-state index >= 15 is 0 Å². The molecule has 2 N–H and O–H groups in total. The molecule has 0 atom stereocenters. The molecule has 2 aromatic heterocycles. The molecule has 7 nitrogen and oxygen atoms in total. The van der Waals surface area contributed by atoms with Crippen LogP contribution in [0.4, 0.5) is 0 Å². The predicted molar refractivity (Wildman–Crippen MR) is 134 cm³/mol. The Morgan fingerprint density at radius 3 is 2.47 bits per heavy atom. The average molecular weight is 453 g/mol. The van der Waals surface area contributed by atoms with Gasteiger partial charge in [0.15, 0.2) is 0 Å². The van der Waals surface area contributed by atoms with Crippen LogP contribution in [0.2, 0.25) is 0 Å². The lowest BCUT2D eigenvalue weighted by Crippen LogP contribution is -2.10. The molecule has 34 heavy (non-hydrogen) atoms. The Morgan fingerprint density at radius 2 is 1.76 bits per heavy atom. The quantitative estimate of drug-likeness (QED) is 0.327. The zero-order chi connectivity index (χ0) is 23.9. The molecule has 7 heteroatoms. The van der Waals surface area contributed by atoms with Gasteiger partial charge in [0, 0.05) is 42.3 Å². The van der Waals surface area contributed by atoms with Gasteiger partial charge in [-0.1, -0.05) is 18.2 Å². The Bertz CT molecular complexity index is 1360. The van der Waals surface area contributed by atoms with E-state index in [1.54, 1.807) is 31.7 Å². The molecule has 0 aliphatic carbocycles. The number of pyridine rings is 2. The van der Waals surface area contributed by atoms with E-state index in [0.717, 1.165) is 27.6 Å². The van der Waals surface area contributed by atoms with Crippen molar-refractivity contribution in [2.24, 2.45) is 10.7 Å². The Labute approximate surface area is 197 Å². The Kier molecular flexibility index (Phi) is 6.93. The number of carbonyl (C=O) groups is 1. The van der Waals surface area contributed by atoms with Crippen LogP contribution in [0, 0.1) is 0 Å². The van der Waals surface area contributed by atoms with Crippen molar-refractivity contribution in [3.05, 3.63) is 102 Å². The minimum Gasteiger partial charge on any atom is -0.487 e. The maximum absolute atomic E-state index is 12.3. The summed E-state index contributed by atoms with van der Waals surface area (Å²) in [4.78, 5) is 25.1. The van der Waals surface area contributed by atoms with Gasteiger partial charge in [-0.3, -0.25) is 9.98 Å². The fourth-order valence-electron chi connectivity index (χ4n) is 3.55. The van der Waals surface area contributed by atoms with E-state index in [-0.39, 0.29) is 6.61 Å². The molecule has 0 saturated carbocycles. The van der Waals surface area contributed by atoms with E-state index in [0.29, 0.717) is 22.7 Å². The Balaban J connectivity index is 1.58. The van der Waals surface area contributed by atoms with Gasteiger partial charge in [0.05, 0.1) is 23.9 Å². The topological polar surface area (TPSA) is 99.7 Å². The van der Waals surface area contributed by atoms with Crippen LogP contribution in [0.25, 0.3) is 22.2 Å². The van der Waals surface area contributed by atoms with Crippen LogP contribution < -0.4 is 10.5 Å². The first-order chi connectivity index (χ1) is 16.6. The van der Waals surface area contributed by atoms with Crippen LogP contribution in [0.15, 0.2) is 84.1 Å². The van der Waals surface area contributed by atoms with Crippen LogP contribution in [0.5, 0.6) is 5.75 Å². The van der Waals surface area contributed by atoms with Gasteiger partial charge >= 0.3 is 5.97 Å². The van der Waals surface area contributed by atoms with Crippen LogP contribution in [-0.4, -0.2) is 36.3 Å². The molecule has 4 rings (SSSR count). The second-order valence-corrected chi connectivity index (χ2v) is 7.43. The molecule has 0 amide bonds. The molecule has 170 valence electrons. The molecule has 0 radical (unpaired) electrons. The van der Waals surface area contributed by atoms with Crippen LogP contribution in [0.3, 0.4) is 0 Å². The summed E-state index contributed by atoms with van der Waals surface area (Å²) < 4.78 is 10.9. The number of esters is 1. The summed E-state index contributed by atoms with van der Waals surface area (Å²) in [5.74, 6) is 0.170. The highest BCUT2D eigenvalue weighted by molar-refractivity contribution is 6.18. The summed E-state index contributed by atoms with van der Waals surface area (Å²) in [6, 6.07) is 20.6. The lowest BCUT2D eigenvalue weighted by molar-refractivity contribution is 0.0597. The number of methoxy groups -OCH3 is 1. The fraction of sp³-hybridized carbons (Fsp3) is 0.111. The van der Waals surface area contributed by atoms with Gasteiger partial charge < -0.3 is 15.2 Å². The van der Waals surface area contributed by atoms with Gasteiger partial charge in [-0.05, 0) is 59.7 Å². The van der Waals surface area contributed by atoms with E-state index < -0.39 is 5.97 Å². The molecule has 0 saturated heterocycles. The van der Waals surface area contributed by atoms with Crippen molar-refractivity contribution in [2.45, 2.75) is 6.61 Å². The monoisotopic (exact) mass is 452 g/mol. The summed E-state index contributed by atoms with van der Waals surface area (Å²) >= 11 is 0. The predicted octanol–water partition coefficient (Wildman–Crippen LogP) is 4.52. The Morgan fingerprint density at radius 1 is 1.03 bits per heavy atom. The van der Waals surface area contributed by atoms with Crippen molar-refractivity contribution >= 4 is 34.4 Å². The zero-order valence-corrected chi connectivity index (χ0v) is 18.9. The third-order valence-corrected chi connectivity index (χ3v) is 5.29. The summed E-state index contributed by atoms with van der Waals surface area (Å²) in [5, 5.41) is 0.860. The molecule has 0 fully saturated rings. The molecular weight excluding hydrogens is 428 g/mol. The zero-order valence-electron chi connectivity index (χ0n) is 18.9. The molecule has 4 aromatic rings. The minimum atomic E-state index is -0.452. The normalized spacial score (nSPS) is 11.9. The number of fused-ring (bicyclic) bond motifs is 1. The van der Waals surface area contributed by atoms with E-state index in [9.17, 15) is 4.79 Å². The third kappa shape index (κ3) is 4.94. The highest BCUT2D eigenvalue weighted by Crippen LogP contribution is 2.24. The number of ether oxygens (including phenoxy) is 2. The van der Waals surface area contributed by atoms with Crippen molar-refractivity contribution in [1.29, 1.82) is 0 Å². The summed E-state index contributed by atoms with van der Waals surface area (Å²) in [6.45, 7) is 0.116. The number of nitrogens with zero attached hydrogens (tertiary/aromatic N) is 3. The van der Waals surface area contributed by atoms with E-state index in [2.05, 4.69) is 15.0 Å². The van der Waals surface area contributed by atoms with Crippen molar-refractivity contribution in [3.8, 4) is 5.75 Å². The molecular formula is C27H24N4O3. The highest BCUT2D eigenvalue weighted by atomic mass is 16.5. The molecule has 0 aliphatic heterocycles. The van der Waals surface area contributed by atoms with Gasteiger partial charge in [-0.2, -0.15) is 0 Å². The number of hydrogen-bond donors (Lipinski definition) is 1. The standard InChI is InChI=1S/C27H24N4O3/c1-29-16-23(18-11-13-30-14-12-18)26(28)19-7-9-21(10-8-19)34-17-25-22(27(32)33-2)15-20-5-3-4-6-24(20)31-25/h3-16H,17,28H2,1-2H3/b26-23+,29-16?. The second-order valence-electron chi connectivity index (χ2n) is 7.43. The second kappa shape index (κ2) is 10.4. The largest absolute Gasteiger partial charge is 0.487 e. The van der Waals surface area contributed by atoms with E-state index in [1.807, 2.05) is 60.7 Å². The number of aliphatic imine (C=N–C) groups is 1. The fourth-order valence-corrected chi connectivity index (χ4v) is 3.55. The molecule has 0 spiro atoms. The van der Waals surface area contributed by atoms with Gasteiger partial charge in [0.1, 0.15) is 12.4 Å². The summed E-state index contributed by atoms with van der Waals surface area (Å²) in [6.07, 6.45) is 5.16. The van der Waals surface area contributed by atoms with Crippen LogP contribution in [-0.2, 0) is 11.3 Å². The third-order valence-electron chi connectivity index (χ3n) is 5.29. The number of benzene rings is 2. The lowest BCUT2D eigenvalue weighted by atomic mass is 10.0. The minimum absolute atomic E-state index is 0.116. The first kappa shape index (κ1) is 22.7. The maximum Gasteiger partial charge on any atom is 0.339 e. The highest BCUT2D eigenvalue weighted by Gasteiger charge is 2.16. The first-order valence-corrected chi connectivity index (χ1v) is 10.6. The molecule has 2 heterocycles. The van der Waals surface area contributed by atoms with E-state index in [1.165, 1.54) is 7.11 Å². The molecule has 2 aromatic carbocycles. The van der Waals surface area contributed by atoms with E-state index in [4.69, 9.17) is 15.2 Å². The molecule has 0 unspecified atom stereocenters. The average Bonchev–Trinajstić information content (AvgIpc) is 2.90. The number of para-hydroxylation sites is 1. The van der Waals surface area contributed by atoms with Crippen molar-refractivity contribution in [1.82, 2.24) is 9.97 Å². The summed E-state index contributed by atoms with van der Waals surface area (Å²) in [5.41, 5.74) is 11.3. The number of allylic oxidation sites excluding steroid dienone is 1. The number of hydrogen-bond acceptors (Lipinski definition) is 7. The summed E-state index contributed by atoms with van der Waals surface area (Å²) in [7, 11) is 3.05. The number of carbonyl (C=O) groups excluding carboxylic acids is 1. The van der Waals surface area contributed by atoms with Crippen molar-refractivity contribution in [3.63, 3.8) is 0 Å². The van der Waals surface area contributed by atoms with Gasteiger partial charge in [-0.25, -0.2) is 9.78 Å². The van der Waals surface area contributed by atoms with Gasteiger partial charge in [0.2, 0.25) is 0 Å². The van der Waals surface area contributed by atoms with Crippen molar-refractivity contribution < 1.29 is 14.3 Å². The maximum atomic E-state index is 12.3. The number of rotatable bonds is 7. The SMILES string of the molecule is CN=C/C(=C(\N)c1ccc(OCc2nc3ccccc3cc2C(=O)OC)cc1)c1ccncc1. The Hall–Kier alpha value is -4.52. The number of aromatic nitrogens is 2. The van der Waals surface area contributed by atoms with Gasteiger partial charge in [0.25, 0.3) is 0 Å². The first-order valence-electron chi connectivity index (χ1n) is 10.6.